The lowest BCUT2D eigenvalue weighted by Crippen LogP contribution is -2.04. The molecule has 0 saturated carbocycles. The van der Waals surface area contributed by atoms with Gasteiger partial charge in [-0.1, -0.05) is 6.92 Å². The number of hydrogen-bond acceptors (Lipinski definition) is 1. The van der Waals surface area contributed by atoms with Gasteiger partial charge in [-0.3, -0.25) is 4.79 Å². The van der Waals surface area contributed by atoms with Crippen LogP contribution in [0.25, 0.3) is 0 Å². The summed E-state index contributed by atoms with van der Waals surface area (Å²) in [5, 5.41) is 7.72. The summed E-state index contributed by atoms with van der Waals surface area (Å²) in [6.45, 7) is 11.0. The Morgan fingerprint density at radius 3 is 1.14 bits per heavy atom. The van der Waals surface area contributed by atoms with E-state index >= 15 is 0 Å². The molecule has 14 heavy (non-hydrogen) atoms. The van der Waals surface area contributed by atoms with Crippen LogP contribution in [-0.2, 0) is 4.79 Å². The highest BCUT2D eigenvalue weighted by Gasteiger charge is 2.27. The van der Waals surface area contributed by atoms with Crippen molar-refractivity contribution in [2.45, 2.75) is 41.0 Å². The van der Waals surface area contributed by atoms with Crippen molar-refractivity contribution in [3.63, 3.8) is 0 Å². The standard InChI is InChI=1S/C8H20P.C3H6O2/c1-5-9(6-2,7-3)8-4;1-2-3(4)5/h5-8H2,1-4H3;2H2,1H3,(H,4,5)/q+1;. The van der Waals surface area contributed by atoms with Crippen LogP contribution in [0.5, 0.6) is 0 Å². The third-order valence-electron chi connectivity index (χ3n) is 2.99. The smallest absolute Gasteiger partial charge is 0.303 e. The van der Waals surface area contributed by atoms with Gasteiger partial charge in [-0.25, -0.2) is 0 Å². The molecule has 0 saturated heterocycles. The summed E-state index contributed by atoms with van der Waals surface area (Å²) in [6, 6.07) is 0. The normalized spacial score (nSPS) is 10.4. The van der Waals surface area contributed by atoms with E-state index in [-0.39, 0.29) is 6.42 Å². The molecule has 0 aliphatic carbocycles. The maximum Gasteiger partial charge on any atom is 0.303 e. The quantitative estimate of drug-likeness (QED) is 0.721. The third-order valence-corrected chi connectivity index (χ3v) is 8.35. The zero-order chi connectivity index (χ0) is 11.6. The molecule has 0 spiro atoms. The summed E-state index contributed by atoms with van der Waals surface area (Å²) < 4.78 is 0. The molecule has 0 atom stereocenters. The third kappa shape index (κ3) is 7.32. The Morgan fingerprint density at radius 1 is 0.929 bits per heavy atom. The van der Waals surface area contributed by atoms with Gasteiger partial charge in [0.05, 0.1) is 24.6 Å². The van der Waals surface area contributed by atoms with Crippen LogP contribution >= 0.6 is 7.26 Å². The molecule has 0 unspecified atom stereocenters. The molecule has 0 bridgehead atoms. The lowest BCUT2D eigenvalue weighted by atomic mass is 10.5. The van der Waals surface area contributed by atoms with Crippen molar-refractivity contribution < 1.29 is 9.90 Å². The second kappa shape index (κ2) is 9.45. The zero-order valence-electron chi connectivity index (χ0n) is 10.3. The Bertz CT molecular complexity index is 125. The van der Waals surface area contributed by atoms with Crippen molar-refractivity contribution in [2.75, 3.05) is 24.6 Å². The first-order valence-corrected chi connectivity index (χ1v) is 8.11. The maximum atomic E-state index is 9.37. The van der Waals surface area contributed by atoms with E-state index in [0.29, 0.717) is 0 Å². The SMILES string of the molecule is CCC(=O)O.CC[P+](CC)(CC)CC. The van der Waals surface area contributed by atoms with Crippen molar-refractivity contribution >= 4 is 13.2 Å². The average molecular weight is 221 g/mol. The van der Waals surface area contributed by atoms with E-state index < -0.39 is 13.2 Å². The van der Waals surface area contributed by atoms with E-state index in [1.807, 2.05) is 0 Å². The van der Waals surface area contributed by atoms with Crippen LogP contribution in [-0.4, -0.2) is 35.7 Å². The van der Waals surface area contributed by atoms with Crippen LogP contribution in [0.1, 0.15) is 41.0 Å². The van der Waals surface area contributed by atoms with E-state index in [0.717, 1.165) is 0 Å². The lowest BCUT2D eigenvalue weighted by Gasteiger charge is -2.20. The van der Waals surface area contributed by atoms with Crippen molar-refractivity contribution in [1.82, 2.24) is 0 Å². The molecule has 3 heteroatoms. The van der Waals surface area contributed by atoms with Gasteiger partial charge in [0.2, 0.25) is 0 Å². The van der Waals surface area contributed by atoms with Gasteiger partial charge in [0, 0.05) is 13.7 Å². The minimum Gasteiger partial charge on any atom is -0.481 e. The second-order valence-corrected chi connectivity index (χ2v) is 8.57. The number of carboxylic acid groups (broad SMARTS) is 1. The van der Waals surface area contributed by atoms with E-state index in [9.17, 15) is 4.79 Å². The average Bonchev–Trinajstić information content (AvgIpc) is 2.23. The molecule has 0 aromatic rings. The van der Waals surface area contributed by atoms with Crippen molar-refractivity contribution in [3.05, 3.63) is 0 Å². The second-order valence-electron chi connectivity index (χ2n) is 3.35. The number of carbonyl (C=O) groups is 1. The van der Waals surface area contributed by atoms with Crippen molar-refractivity contribution in [3.8, 4) is 0 Å². The fourth-order valence-electron chi connectivity index (χ4n) is 1.34. The van der Waals surface area contributed by atoms with Crippen LogP contribution in [0.15, 0.2) is 0 Å². The predicted octanol–water partition coefficient (Wildman–Crippen LogP) is 3.56. The molecular formula is C11H26O2P+. The Labute approximate surface area is 89.4 Å². The van der Waals surface area contributed by atoms with E-state index in [2.05, 4.69) is 27.7 Å². The minimum absolute atomic E-state index is 0.222. The maximum absolute atomic E-state index is 9.37. The Hall–Kier alpha value is -0.100. The molecule has 0 heterocycles. The molecule has 0 radical (unpaired) electrons. The Morgan fingerprint density at radius 2 is 1.14 bits per heavy atom. The summed E-state index contributed by atoms with van der Waals surface area (Å²) in [4.78, 5) is 9.37. The monoisotopic (exact) mass is 221 g/mol. The summed E-state index contributed by atoms with van der Waals surface area (Å²) in [5.74, 6) is -0.745. The van der Waals surface area contributed by atoms with Gasteiger partial charge in [-0.05, 0) is 27.7 Å². The van der Waals surface area contributed by atoms with E-state index in [1.54, 1.807) is 6.92 Å². The van der Waals surface area contributed by atoms with E-state index in [4.69, 9.17) is 5.11 Å². The summed E-state index contributed by atoms with van der Waals surface area (Å²) in [5.41, 5.74) is 0. The van der Waals surface area contributed by atoms with Crippen LogP contribution in [0, 0.1) is 0 Å². The molecule has 0 aliphatic rings. The topological polar surface area (TPSA) is 37.3 Å². The van der Waals surface area contributed by atoms with Crippen molar-refractivity contribution in [1.29, 1.82) is 0 Å². The van der Waals surface area contributed by atoms with Gasteiger partial charge in [0.25, 0.3) is 0 Å². The first-order chi connectivity index (χ1) is 6.51. The molecular weight excluding hydrogens is 195 g/mol. The van der Waals surface area contributed by atoms with Crippen LogP contribution in [0.2, 0.25) is 0 Å². The van der Waals surface area contributed by atoms with Gasteiger partial charge < -0.3 is 5.11 Å². The molecule has 0 rings (SSSR count). The highest BCUT2D eigenvalue weighted by atomic mass is 31.2. The molecule has 0 amide bonds. The van der Waals surface area contributed by atoms with Gasteiger partial charge in [0.15, 0.2) is 0 Å². The number of carboxylic acids is 1. The first kappa shape index (κ1) is 16.3. The zero-order valence-corrected chi connectivity index (χ0v) is 11.2. The number of rotatable bonds is 5. The highest BCUT2D eigenvalue weighted by molar-refractivity contribution is 7.75. The van der Waals surface area contributed by atoms with E-state index in [1.165, 1.54) is 24.6 Å². The fraction of sp³-hybridized carbons (Fsp3) is 0.909. The molecule has 0 fully saturated rings. The molecule has 2 nitrogen and oxygen atoms in total. The Kier molecular flexibility index (Phi) is 11.0. The molecule has 0 aliphatic heterocycles. The van der Waals surface area contributed by atoms with Gasteiger partial charge in [0.1, 0.15) is 0 Å². The minimum atomic E-state index is -0.745. The molecule has 1 N–H and O–H groups in total. The van der Waals surface area contributed by atoms with Gasteiger partial charge >= 0.3 is 5.97 Å². The largest absolute Gasteiger partial charge is 0.481 e. The first-order valence-electron chi connectivity index (χ1n) is 5.58. The highest BCUT2D eigenvalue weighted by Crippen LogP contribution is 2.57. The molecule has 0 aromatic heterocycles. The summed E-state index contributed by atoms with van der Waals surface area (Å²) in [6.07, 6.45) is 6.04. The van der Waals surface area contributed by atoms with Gasteiger partial charge in [-0.15, -0.1) is 0 Å². The lowest BCUT2D eigenvalue weighted by molar-refractivity contribution is -0.136. The summed E-state index contributed by atoms with van der Waals surface area (Å²) in [7, 11) is -0.420. The Balaban J connectivity index is 0. The fourth-order valence-corrected chi connectivity index (χ4v) is 4.02. The molecule has 0 aromatic carbocycles. The van der Waals surface area contributed by atoms with Gasteiger partial charge in [-0.2, -0.15) is 0 Å². The number of aliphatic carboxylic acids is 1. The van der Waals surface area contributed by atoms with Crippen LogP contribution in [0.4, 0.5) is 0 Å². The summed E-state index contributed by atoms with van der Waals surface area (Å²) >= 11 is 0. The predicted molar refractivity (Wildman–Crippen MR) is 67.0 cm³/mol. The van der Waals surface area contributed by atoms with Crippen molar-refractivity contribution in [2.24, 2.45) is 0 Å². The number of hydrogen-bond donors (Lipinski definition) is 1. The van der Waals surface area contributed by atoms with Crippen LogP contribution < -0.4 is 0 Å². The molecule has 86 valence electrons. The van der Waals surface area contributed by atoms with Crippen LogP contribution in [0.3, 0.4) is 0 Å².